The summed E-state index contributed by atoms with van der Waals surface area (Å²) in [5.41, 5.74) is 2.22. The Hall–Kier alpha value is -0.560. The van der Waals surface area contributed by atoms with Crippen LogP contribution in [-0.4, -0.2) is 8.42 Å². The Kier molecular flexibility index (Phi) is 4.25. The summed E-state index contributed by atoms with van der Waals surface area (Å²) >= 11 is 10.5. The molecule has 102 valence electrons. The van der Waals surface area contributed by atoms with Gasteiger partial charge in [0.2, 0.25) is 0 Å². The van der Waals surface area contributed by atoms with Gasteiger partial charge in [-0.3, -0.25) is 4.72 Å². The van der Waals surface area contributed by atoms with Gasteiger partial charge in [0.25, 0.3) is 10.0 Å². The van der Waals surface area contributed by atoms with Crippen molar-refractivity contribution in [3.8, 4) is 0 Å². The number of thiophene rings is 1. The molecule has 3 nitrogen and oxygen atoms in total. The monoisotopic (exact) mass is 379 g/mol. The maximum Gasteiger partial charge on any atom is 0.271 e. The van der Waals surface area contributed by atoms with E-state index >= 15 is 0 Å². The molecule has 0 atom stereocenters. The molecule has 0 spiro atoms. The van der Waals surface area contributed by atoms with E-state index in [1.165, 1.54) is 11.3 Å². The van der Waals surface area contributed by atoms with Gasteiger partial charge in [-0.15, -0.1) is 11.3 Å². The molecular formula is C12H11BrClNO2S2. The molecule has 2 aromatic rings. The molecule has 1 heterocycles. The molecule has 0 saturated carbocycles. The fourth-order valence-corrected chi connectivity index (χ4v) is 4.99. The van der Waals surface area contributed by atoms with Gasteiger partial charge in [-0.2, -0.15) is 0 Å². The summed E-state index contributed by atoms with van der Waals surface area (Å²) in [7, 11) is -3.60. The fourth-order valence-electron chi connectivity index (χ4n) is 1.48. The van der Waals surface area contributed by atoms with Crippen LogP contribution in [0.5, 0.6) is 0 Å². The van der Waals surface area contributed by atoms with Gasteiger partial charge >= 0.3 is 0 Å². The third kappa shape index (κ3) is 3.31. The lowest BCUT2D eigenvalue weighted by Crippen LogP contribution is -2.11. The van der Waals surface area contributed by atoms with Gasteiger partial charge in [0.05, 0.1) is 14.5 Å². The Bertz CT molecular complexity index is 706. The van der Waals surface area contributed by atoms with Gasteiger partial charge < -0.3 is 0 Å². The molecule has 19 heavy (non-hydrogen) atoms. The minimum absolute atomic E-state index is 0.259. The number of anilines is 1. The number of benzene rings is 1. The Morgan fingerprint density at radius 3 is 2.53 bits per heavy atom. The van der Waals surface area contributed by atoms with E-state index in [0.29, 0.717) is 10.7 Å². The molecule has 0 aliphatic heterocycles. The van der Waals surface area contributed by atoms with Crippen LogP contribution in [0.15, 0.2) is 32.3 Å². The number of hydrogen-bond acceptors (Lipinski definition) is 3. The van der Waals surface area contributed by atoms with Gasteiger partial charge in [-0.05, 0) is 59.1 Å². The zero-order chi connectivity index (χ0) is 14.2. The second kappa shape index (κ2) is 5.44. The zero-order valence-electron chi connectivity index (χ0n) is 10.2. The van der Waals surface area contributed by atoms with Crippen molar-refractivity contribution in [3.63, 3.8) is 0 Å². The van der Waals surface area contributed by atoms with Crippen LogP contribution in [0.1, 0.15) is 11.1 Å². The molecule has 0 aliphatic carbocycles. The smallest absolute Gasteiger partial charge is 0.271 e. The number of aryl methyl sites for hydroxylation is 2. The summed E-state index contributed by atoms with van der Waals surface area (Å²) in [6.45, 7) is 3.72. The van der Waals surface area contributed by atoms with Crippen molar-refractivity contribution in [2.45, 2.75) is 18.1 Å². The van der Waals surface area contributed by atoms with Gasteiger partial charge in [-0.1, -0.05) is 17.7 Å². The Morgan fingerprint density at radius 1 is 1.26 bits per heavy atom. The van der Waals surface area contributed by atoms with Crippen LogP contribution in [0, 0.1) is 13.8 Å². The summed E-state index contributed by atoms with van der Waals surface area (Å²) in [4.78, 5) is 0. The summed E-state index contributed by atoms with van der Waals surface area (Å²) in [6.07, 6.45) is 0. The van der Waals surface area contributed by atoms with Crippen molar-refractivity contribution in [1.82, 2.24) is 0 Å². The third-order valence-corrected chi connectivity index (χ3v) is 6.77. The van der Waals surface area contributed by atoms with Crippen LogP contribution in [0.3, 0.4) is 0 Å². The van der Waals surface area contributed by atoms with Crippen molar-refractivity contribution >= 4 is 54.6 Å². The summed E-state index contributed by atoms with van der Waals surface area (Å²) in [5, 5.41) is 0.376. The first-order valence-electron chi connectivity index (χ1n) is 5.34. The Morgan fingerprint density at radius 2 is 1.95 bits per heavy atom. The fraction of sp³-hybridized carbons (Fsp3) is 0.167. The van der Waals surface area contributed by atoms with Gasteiger partial charge in [0, 0.05) is 0 Å². The zero-order valence-corrected chi connectivity index (χ0v) is 14.2. The first-order chi connectivity index (χ1) is 8.79. The summed E-state index contributed by atoms with van der Waals surface area (Å²) in [6, 6.07) is 6.83. The third-order valence-electron chi connectivity index (χ3n) is 2.47. The average Bonchev–Trinajstić information content (AvgIpc) is 2.65. The van der Waals surface area contributed by atoms with Crippen molar-refractivity contribution in [1.29, 1.82) is 0 Å². The van der Waals surface area contributed by atoms with E-state index in [9.17, 15) is 8.42 Å². The van der Waals surface area contributed by atoms with Crippen LogP contribution < -0.4 is 4.72 Å². The standard InChI is InChI=1S/C12H11BrClNO2S2/c1-7-3-4-9(14)10(5-7)15-19(16,17)11-6-8(2)12(13)18-11/h3-6,15H,1-2H3. The van der Waals surface area contributed by atoms with Gasteiger partial charge in [0.15, 0.2) is 0 Å². The molecule has 2 rings (SSSR count). The van der Waals surface area contributed by atoms with E-state index in [0.717, 1.165) is 14.9 Å². The average molecular weight is 381 g/mol. The topological polar surface area (TPSA) is 46.2 Å². The molecule has 1 aromatic heterocycles. The largest absolute Gasteiger partial charge is 0.277 e. The minimum atomic E-state index is -3.60. The number of rotatable bonds is 3. The maximum absolute atomic E-state index is 12.3. The number of halogens is 2. The van der Waals surface area contributed by atoms with Crippen LogP contribution in [-0.2, 0) is 10.0 Å². The van der Waals surface area contributed by atoms with Crippen LogP contribution in [0.25, 0.3) is 0 Å². The molecule has 0 saturated heterocycles. The lowest BCUT2D eigenvalue weighted by atomic mass is 10.2. The van der Waals surface area contributed by atoms with Gasteiger partial charge in [0.1, 0.15) is 4.21 Å². The first kappa shape index (κ1) is 14.8. The molecule has 1 aromatic carbocycles. The van der Waals surface area contributed by atoms with E-state index in [1.54, 1.807) is 18.2 Å². The lowest BCUT2D eigenvalue weighted by Gasteiger charge is -2.08. The van der Waals surface area contributed by atoms with E-state index in [1.807, 2.05) is 19.9 Å². The van der Waals surface area contributed by atoms with Crippen molar-refractivity contribution in [2.75, 3.05) is 4.72 Å². The van der Waals surface area contributed by atoms with Crippen LogP contribution in [0.2, 0.25) is 5.02 Å². The van der Waals surface area contributed by atoms with Crippen LogP contribution >= 0.6 is 38.9 Å². The predicted molar refractivity (Wildman–Crippen MR) is 83.8 cm³/mol. The van der Waals surface area contributed by atoms with E-state index < -0.39 is 10.0 Å². The SMILES string of the molecule is Cc1ccc(Cl)c(NS(=O)(=O)c2cc(C)c(Br)s2)c1. The molecule has 0 bridgehead atoms. The van der Waals surface area contributed by atoms with E-state index in [2.05, 4.69) is 20.7 Å². The maximum atomic E-state index is 12.3. The molecule has 0 amide bonds. The van der Waals surface area contributed by atoms with Gasteiger partial charge in [-0.25, -0.2) is 8.42 Å². The highest BCUT2D eigenvalue weighted by molar-refractivity contribution is 9.11. The molecule has 0 aliphatic rings. The van der Waals surface area contributed by atoms with Crippen molar-refractivity contribution in [3.05, 3.63) is 44.2 Å². The Balaban J connectivity index is 2.39. The molecular weight excluding hydrogens is 370 g/mol. The summed E-state index contributed by atoms with van der Waals surface area (Å²) in [5.74, 6) is 0. The summed E-state index contributed by atoms with van der Waals surface area (Å²) < 4.78 is 28.1. The predicted octanol–water partition coefficient (Wildman–Crippen LogP) is 4.58. The molecule has 0 fully saturated rings. The number of sulfonamides is 1. The molecule has 1 N–H and O–H groups in total. The highest BCUT2D eigenvalue weighted by atomic mass is 79.9. The first-order valence-corrected chi connectivity index (χ1v) is 8.81. The highest BCUT2D eigenvalue weighted by Gasteiger charge is 2.19. The minimum Gasteiger partial charge on any atom is -0.277 e. The molecule has 0 unspecified atom stereocenters. The molecule has 7 heteroatoms. The lowest BCUT2D eigenvalue weighted by molar-refractivity contribution is 0.603. The van der Waals surface area contributed by atoms with Crippen molar-refractivity contribution < 1.29 is 8.42 Å². The second-order valence-corrected chi connectivity index (χ2v) is 8.80. The van der Waals surface area contributed by atoms with E-state index in [4.69, 9.17) is 11.6 Å². The number of nitrogens with one attached hydrogen (secondary N) is 1. The second-order valence-electron chi connectivity index (χ2n) is 4.11. The number of hydrogen-bond donors (Lipinski definition) is 1. The quantitative estimate of drug-likeness (QED) is 0.847. The molecule has 0 radical (unpaired) electrons. The Labute approximate surface area is 129 Å². The van der Waals surface area contributed by atoms with E-state index in [-0.39, 0.29) is 4.21 Å². The highest BCUT2D eigenvalue weighted by Crippen LogP contribution is 2.32. The van der Waals surface area contributed by atoms with Crippen molar-refractivity contribution in [2.24, 2.45) is 0 Å². The van der Waals surface area contributed by atoms with Crippen LogP contribution in [0.4, 0.5) is 5.69 Å². The normalized spacial score (nSPS) is 11.6.